The van der Waals surface area contributed by atoms with Crippen LogP contribution in [0.4, 0.5) is 0 Å². The topological polar surface area (TPSA) is 59.4 Å². The van der Waals surface area contributed by atoms with E-state index < -0.39 is 5.97 Å². The monoisotopic (exact) mass is 243 g/mol. The number of hydrogen-bond acceptors (Lipinski definition) is 4. The molecule has 4 nitrogen and oxygen atoms in total. The molecule has 0 bridgehead atoms. The number of ether oxygens (including phenoxy) is 1. The first-order chi connectivity index (χ1) is 8.66. The van der Waals surface area contributed by atoms with Crippen LogP contribution in [0.1, 0.15) is 21.7 Å². The summed E-state index contributed by atoms with van der Waals surface area (Å²) in [7, 11) is 0. The Balaban J connectivity index is 2.06. The van der Waals surface area contributed by atoms with Gasteiger partial charge in [0.1, 0.15) is 12.4 Å². The van der Waals surface area contributed by atoms with E-state index in [4.69, 9.17) is 4.74 Å². The molecular formula is C14H13NO3. The summed E-state index contributed by atoms with van der Waals surface area (Å²) in [4.78, 5) is 15.7. The van der Waals surface area contributed by atoms with Crippen molar-refractivity contribution in [2.75, 3.05) is 0 Å². The maximum Gasteiger partial charge on any atom is 0.361 e. The normalized spacial score (nSPS) is 10.1. The summed E-state index contributed by atoms with van der Waals surface area (Å²) in [5.74, 6) is -0.793. The highest BCUT2D eigenvalue weighted by Gasteiger charge is 2.14. The molecule has 0 saturated carbocycles. The highest BCUT2D eigenvalue weighted by molar-refractivity contribution is 5.90. The summed E-state index contributed by atoms with van der Waals surface area (Å²) in [6.07, 6.45) is 0. The molecule has 1 aromatic carbocycles. The van der Waals surface area contributed by atoms with Gasteiger partial charge in [-0.2, -0.15) is 0 Å². The van der Waals surface area contributed by atoms with Gasteiger partial charge in [0.15, 0.2) is 5.69 Å². The predicted octanol–water partition coefficient (Wildman–Crippen LogP) is 2.45. The summed E-state index contributed by atoms with van der Waals surface area (Å²) >= 11 is 0. The molecule has 4 heteroatoms. The number of esters is 1. The highest BCUT2D eigenvalue weighted by atomic mass is 16.5. The van der Waals surface area contributed by atoms with Crippen LogP contribution in [-0.2, 0) is 11.3 Å². The molecular weight excluding hydrogens is 230 g/mol. The molecule has 0 atom stereocenters. The fourth-order valence-electron chi connectivity index (χ4n) is 1.49. The number of carbonyl (C=O) groups is 1. The van der Waals surface area contributed by atoms with Crippen molar-refractivity contribution in [1.29, 1.82) is 0 Å². The summed E-state index contributed by atoms with van der Waals surface area (Å²) < 4.78 is 5.09. The molecule has 0 spiro atoms. The van der Waals surface area contributed by atoms with Gasteiger partial charge in [0.2, 0.25) is 0 Å². The van der Waals surface area contributed by atoms with Gasteiger partial charge in [-0.1, -0.05) is 30.3 Å². The van der Waals surface area contributed by atoms with Crippen LogP contribution in [0.3, 0.4) is 0 Å². The Hall–Kier alpha value is -2.36. The number of rotatable bonds is 3. The average molecular weight is 243 g/mol. The minimum absolute atomic E-state index is 0.0501. The van der Waals surface area contributed by atoms with Gasteiger partial charge in [0, 0.05) is 5.69 Å². The Bertz CT molecular complexity index is 552. The second kappa shape index (κ2) is 5.31. The molecule has 1 aromatic heterocycles. The van der Waals surface area contributed by atoms with Crippen LogP contribution in [0.2, 0.25) is 0 Å². The van der Waals surface area contributed by atoms with Gasteiger partial charge in [-0.05, 0) is 24.6 Å². The van der Waals surface area contributed by atoms with Crippen molar-refractivity contribution in [2.24, 2.45) is 0 Å². The third-order valence-corrected chi connectivity index (χ3v) is 2.42. The number of carbonyl (C=O) groups excluding carboxylic acids is 1. The predicted molar refractivity (Wildman–Crippen MR) is 66.2 cm³/mol. The van der Waals surface area contributed by atoms with Crippen LogP contribution >= 0.6 is 0 Å². The number of hydrogen-bond donors (Lipinski definition) is 1. The minimum atomic E-state index is -0.625. The molecule has 18 heavy (non-hydrogen) atoms. The first kappa shape index (κ1) is 12.1. The Labute approximate surface area is 105 Å². The van der Waals surface area contributed by atoms with Crippen LogP contribution in [0.15, 0.2) is 42.5 Å². The lowest BCUT2D eigenvalue weighted by molar-refractivity contribution is 0.0462. The first-order valence-corrected chi connectivity index (χ1v) is 5.54. The fourth-order valence-corrected chi connectivity index (χ4v) is 1.49. The van der Waals surface area contributed by atoms with E-state index in [1.165, 1.54) is 6.07 Å². The van der Waals surface area contributed by atoms with E-state index in [1.807, 2.05) is 30.3 Å². The highest BCUT2D eigenvalue weighted by Crippen LogP contribution is 2.16. The maximum atomic E-state index is 11.7. The number of aromatic nitrogens is 1. The van der Waals surface area contributed by atoms with Gasteiger partial charge >= 0.3 is 5.97 Å². The fraction of sp³-hybridized carbons (Fsp3) is 0.143. The van der Waals surface area contributed by atoms with Gasteiger partial charge in [0.25, 0.3) is 0 Å². The van der Waals surface area contributed by atoms with E-state index in [2.05, 4.69) is 4.98 Å². The molecule has 0 aliphatic heterocycles. The van der Waals surface area contributed by atoms with E-state index >= 15 is 0 Å². The Morgan fingerprint density at radius 1 is 1.22 bits per heavy atom. The third kappa shape index (κ3) is 2.85. The molecule has 0 aliphatic carbocycles. The Morgan fingerprint density at radius 2 is 1.94 bits per heavy atom. The Morgan fingerprint density at radius 3 is 2.67 bits per heavy atom. The molecule has 1 N–H and O–H groups in total. The maximum absolute atomic E-state index is 11.7. The summed E-state index contributed by atoms with van der Waals surface area (Å²) in [5, 5.41) is 9.54. The zero-order valence-corrected chi connectivity index (χ0v) is 9.96. The van der Waals surface area contributed by atoms with Crippen molar-refractivity contribution in [3.8, 4) is 5.75 Å². The third-order valence-electron chi connectivity index (χ3n) is 2.42. The lowest BCUT2D eigenvalue weighted by Crippen LogP contribution is -2.08. The summed E-state index contributed by atoms with van der Waals surface area (Å²) in [6, 6.07) is 12.4. The average Bonchev–Trinajstić information content (AvgIpc) is 2.40. The van der Waals surface area contributed by atoms with Gasteiger partial charge in [-0.15, -0.1) is 0 Å². The van der Waals surface area contributed by atoms with Crippen LogP contribution < -0.4 is 0 Å². The molecule has 0 unspecified atom stereocenters. The second-order valence-electron chi connectivity index (χ2n) is 3.88. The number of aromatic hydroxyl groups is 1. The van der Waals surface area contributed by atoms with Crippen molar-refractivity contribution in [3.05, 3.63) is 59.4 Å². The number of aryl methyl sites for hydroxylation is 1. The van der Waals surface area contributed by atoms with E-state index in [0.29, 0.717) is 5.69 Å². The van der Waals surface area contributed by atoms with Crippen molar-refractivity contribution in [1.82, 2.24) is 4.98 Å². The van der Waals surface area contributed by atoms with Crippen molar-refractivity contribution < 1.29 is 14.6 Å². The van der Waals surface area contributed by atoms with Gasteiger partial charge in [0.05, 0.1) is 0 Å². The van der Waals surface area contributed by atoms with E-state index in [0.717, 1.165) is 5.56 Å². The first-order valence-electron chi connectivity index (χ1n) is 5.54. The second-order valence-corrected chi connectivity index (χ2v) is 3.88. The molecule has 2 aromatic rings. The zero-order valence-electron chi connectivity index (χ0n) is 9.96. The number of pyridine rings is 1. The van der Waals surface area contributed by atoms with Crippen molar-refractivity contribution in [3.63, 3.8) is 0 Å². The lowest BCUT2D eigenvalue weighted by Gasteiger charge is -2.06. The van der Waals surface area contributed by atoms with Crippen LogP contribution in [0.25, 0.3) is 0 Å². The zero-order chi connectivity index (χ0) is 13.0. The largest absolute Gasteiger partial charge is 0.505 e. The smallest absolute Gasteiger partial charge is 0.361 e. The summed E-state index contributed by atoms with van der Waals surface area (Å²) in [5.41, 5.74) is 1.49. The lowest BCUT2D eigenvalue weighted by atomic mass is 10.2. The number of benzene rings is 1. The van der Waals surface area contributed by atoms with Crippen LogP contribution in [0, 0.1) is 6.92 Å². The van der Waals surface area contributed by atoms with E-state index in [9.17, 15) is 9.90 Å². The molecule has 0 saturated heterocycles. The van der Waals surface area contributed by atoms with Crippen molar-refractivity contribution >= 4 is 5.97 Å². The molecule has 0 amide bonds. The minimum Gasteiger partial charge on any atom is -0.505 e. The SMILES string of the molecule is Cc1ccc(O)c(C(=O)OCc2ccccc2)n1. The van der Waals surface area contributed by atoms with Crippen LogP contribution in [-0.4, -0.2) is 16.1 Å². The molecule has 92 valence electrons. The van der Waals surface area contributed by atoms with E-state index in [1.54, 1.807) is 13.0 Å². The molecule has 2 rings (SSSR count). The molecule has 1 heterocycles. The number of nitrogens with zero attached hydrogens (tertiary/aromatic N) is 1. The molecule has 0 aliphatic rings. The Kier molecular flexibility index (Phi) is 3.57. The van der Waals surface area contributed by atoms with E-state index in [-0.39, 0.29) is 18.1 Å². The molecule has 0 fully saturated rings. The van der Waals surface area contributed by atoms with Gasteiger partial charge in [-0.25, -0.2) is 9.78 Å². The van der Waals surface area contributed by atoms with Gasteiger partial charge in [-0.3, -0.25) is 0 Å². The summed E-state index contributed by atoms with van der Waals surface area (Å²) in [6.45, 7) is 1.90. The van der Waals surface area contributed by atoms with Gasteiger partial charge < -0.3 is 9.84 Å². The standard InChI is InChI=1S/C14H13NO3/c1-10-7-8-12(16)13(15-10)14(17)18-9-11-5-3-2-4-6-11/h2-8,16H,9H2,1H3. The van der Waals surface area contributed by atoms with Crippen molar-refractivity contribution in [2.45, 2.75) is 13.5 Å². The molecule has 0 radical (unpaired) electrons. The van der Waals surface area contributed by atoms with Crippen LogP contribution in [0.5, 0.6) is 5.75 Å². The quantitative estimate of drug-likeness (QED) is 0.841.